The van der Waals surface area contributed by atoms with Crippen molar-refractivity contribution < 1.29 is 13.5 Å². The van der Waals surface area contributed by atoms with Crippen LogP contribution in [0.4, 0.5) is 11.4 Å². The number of benzene rings is 2. The molecule has 44 heavy (non-hydrogen) atoms. The van der Waals surface area contributed by atoms with Gasteiger partial charge in [-0.05, 0) is 62.8 Å². The van der Waals surface area contributed by atoms with Gasteiger partial charge in [0.05, 0.1) is 67.2 Å². The van der Waals surface area contributed by atoms with Crippen molar-refractivity contribution in [3.8, 4) is 0 Å². The Balaban J connectivity index is 1.67. The molecule has 0 radical (unpaired) electrons. The van der Waals surface area contributed by atoms with E-state index in [1.807, 2.05) is 0 Å². The Bertz CT molecular complexity index is 1510. The van der Waals surface area contributed by atoms with Crippen molar-refractivity contribution in [3.05, 3.63) is 92.6 Å². The Morgan fingerprint density at radius 1 is 0.886 bits per heavy atom. The molecular formula is C38H55BrClN4+3. The van der Waals surface area contributed by atoms with Crippen molar-refractivity contribution in [1.82, 2.24) is 0 Å². The average Bonchev–Trinajstić information content (AvgIpc) is 3.22. The molecule has 2 heterocycles. The Morgan fingerprint density at radius 3 is 2.20 bits per heavy atom. The summed E-state index contributed by atoms with van der Waals surface area (Å²) in [5, 5.41) is 0.735. The van der Waals surface area contributed by atoms with Crippen LogP contribution in [-0.4, -0.2) is 87.7 Å². The zero-order valence-corrected chi connectivity index (χ0v) is 31.4. The Kier molecular flexibility index (Phi) is 10.2. The lowest BCUT2D eigenvalue weighted by Crippen LogP contribution is -2.37. The maximum Gasteiger partial charge on any atom is 0.209 e. The molecule has 0 unspecified atom stereocenters. The number of quaternary nitrogens is 2. The number of halogens is 2. The molecule has 2 aromatic rings. The molecule has 6 heteroatoms. The van der Waals surface area contributed by atoms with Gasteiger partial charge in [-0.15, -0.1) is 0 Å². The molecule has 4 rings (SSSR count). The van der Waals surface area contributed by atoms with Gasteiger partial charge in [-0.1, -0.05) is 59.1 Å². The van der Waals surface area contributed by atoms with Crippen molar-refractivity contribution >= 4 is 44.6 Å². The molecule has 0 aliphatic carbocycles. The first-order valence-corrected chi connectivity index (χ1v) is 17.2. The van der Waals surface area contributed by atoms with Crippen LogP contribution in [-0.2, 0) is 10.8 Å². The van der Waals surface area contributed by atoms with Gasteiger partial charge in [0.2, 0.25) is 5.69 Å². The van der Waals surface area contributed by atoms with E-state index in [4.69, 9.17) is 11.6 Å². The third-order valence-electron chi connectivity index (χ3n) is 9.12. The van der Waals surface area contributed by atoms with Crippen molar-refractivity contribution in [1.29, 1.82) is 0 Å². The van der Waals surface area contributed by atoms with Gasteiger partial charge in [-0.3, -0.25) is 0 Å². The van der Waals surface area contributed by atoms with Crippen LogP contribution >= 0.6 is 27.5 Å². The van der Waals surface area contributed by atoms with Crippen LogP contribution in [0, 0.1) is 6.92 Å². The molecule has 0 amide bonds. The van der Waals surface area contributed by atoms with Crippen molar-refractivity contribution in [2.45, 2.75) is 58.3 Å². The zero-order valence-electron chi connectivity index (χ0n) is 29.1. The molecule has 0 saturated heterocycles. The van der Waals surface area contributed by atoms with Crippen LogP contribution in [0.5, 0.6) is 0 Å². The molecule has 2 aliphatic heterocycles. The molecule has 0 atom stereocenters. The summed E-state index contributed by atoms with van der Waals surface area (Å²) in [7, 11) is 13.6. The van der Waals surface area contributed by atoms with Crippen LogP contribution in [0.25, 0.3) is 0 Å². The van der Waals surface area contributed by atoms with E-state index >= 15 is 0 Å². The second-order valence-electron chi connectivity index (χ2n) is 15.8. The number of anilines is 1. The largest absolute Gasteiger partial charge is 0.344 e. The number of aryl methyl sites for hydroxylation is 1. The SMILES string of the molecule is Cc1ccc2c(c1)C(C)(C)\C(=C/C=C(Cl)/C=C/C1=[N+](CCC[N+](C)(C)C)c3ccc(Br)cc3C1(C)C)N2CCC[N+](C)(C)C. The molecule has 238 valence electrons. The van der Waals surface area contributed by atoms with Crippen LogP contribution in [0.2, 0.25) is 0 Å². The number of fused-ring (bicyclic) bond motifs is 2. The predicted molar refractivity (Wildman–Crippen MR) is 195 cm³/mol. The molecule has 0 N–H and O–H groups in total. The molecule has 0 bridgehead atoms. The van der Waals surface area contributed by atoms with Gasteiger partial charge in [0.25, 0.3) is 0 Å². The van der Waals surface area contributed by atoms with E-state index in [2.05, 4.69) is 163 Å². The van der Waals surface area contributed by atoms with Gasteiger partial charge in [0, 0.05) is 57.0 Å². The molecule has 0 spiro atoms. The van der Waals surface area contributed by atoms with Crippen LogP contribution in [0.3, 0.4) is 0 Å². The quantitative estimate of drug-likeness (QED) is 0.131. The van der Waals surface area contributed by atoms with Gasteiger partial charge in [0.1, 0.15) is 0 Å². The van der Waals surface area contributed by atoms with Crippen molar-refractivity contribution in [2.75, 3.05) is 73.4 Å². The second-order valence-corrected chi connectivity index (χ2v) is 17.1. The van der Waals surface area contributed by atoms with Crippen LogP contribution in [0.15, 0.2) is 75.9 Å². The van der Waals surface area contributed by atoms with Gasteiger partial charge < -0.3 is 13.9 Å². The maximum atomic E-state index is 6.99. The van der Waals surface area contributed by atoms with Crippen molar-refractivity contribution in [3.63, 3.8) is 0 Å². The van der Waals surface area contributed by atoms with Gasteiger partial charge in [-0.2, -0.15) is 4.58 Å². The third kappa shape index (κ3) is 7.78. The highest BCUT2D eigenvalue weighted by atomic mass is 79.9. The van der Waals surface area contributed by atoms with E-state index < -0.39 is 0 Å². The van der Waals surface area contributed by atoms with E-state index in [1.54, 1.807) is 0 Å². The van der Waals surface area contributed by atoms with E-state index in [1.165, 1.54) is 39.5 Å². The first kappa shape index (κ1) is 34.7. The lowest BCUT2D eigenvalue weighted by atomic mass is 9.81. The summed E-state index contributed by atoms with van der Waals surface area (Å²) in [6.45, 7) is 15.7. The predicted octanol–water partition coefficient (Wildman–Crippen LogP) is 8.69. The summed E-state index contributed by atoms with van der Waals surface area (Å²) in [5.41, 5.74) is 9.03. The Morgan fingerprint density at radius 2 is 1.55 bits per heavy atom. The Labute approximate surface area is 281 Å². The molecule has 4 nitrogen and oxygen atoms in total. The summed E-state index contributed by atoms with van der Waals surface area (Å²) < 4.78 is 5.55. The van der Waals surface area contributed by atoms with Crippen LogP contribution < -0.4 is 4.90 Å². The third-order valence-corrected chi connectivity index (χ3v) is 9.87. The summed E-state index contributed by atoms with van der Waals surface area (Å²) >= 11 is 10.7. The van der Waals surface area contributed by atoms with Crippen LogP contribution in [0.1, 0.15) is 57.2 Å². The van der Waals surface area contributed by atoms with E-state index in [0.717, 1.165) is 57.5 Å². The monoisotopic (exact) mass is 681 g/mol. The topological polar surface area (TPSA) is 6.25 Å². The van der Waals surface area contributed by atoms with Gasteiger partial charge in [0.15, 0.2) is 12.3 Å². The average molecular weight is 683 g/mol. The van der Waals surface area contributed by atoms with Gasteiger partial charge in [-0.25, -0.2) is 0 Å². The van der Waals surface area contributed by atoms with Gasteiger partial charge >= 0.3 is 0 Å². The summed E-state index contributed by atoms with van der Waals surface area (Å²) in [5.74, 6) is 0. The summed E-state index contributed by atoms with van der Waals surface area (Å²) in [6, 6.07) is 13.6. The lowest BCUT2D eigenvalue weighted by molar-refractivity contribution is -0.871. The lowest BCUT2D eigenvalue weighted by Gasteiger charge is -2.29. The minimum Gasteiger partial charge on any atom is -0.344 e. The fourth-order valence-electron chi connectivity index (χ4n) is 6.70. The zero-order chi connectivity index (χ0) is 32.7. The summed E-state index contributed by atoms with van der Waals surface area (Å²) in [4.78, 5) is 2.52. The fraction of sp³-hybridized carbons (Fsp3) is 0.500. The second kappa shape index (κ2) is 12.9. The molecular weight excluding hydrogens is 628 g/mol. The highest BCUT2D eigenvalue weighted by Crippen LogP contribution is 2.48. The normalized spacial score (nSPS) is 19.0. The highest BCUT2D eigenvalue weighted by Gasteiger charge is 2.44. The summed E-state index contributed by atoms with van der Waals surface area (Å²) in [6.07, 6.45) is 10.9. The number of nitrogens with zero attached hydrogens (tertiary/aromatic N) is 4. The first-order chi connectivity index (χ1) is 20.3. The standard InChI is InChI=1S/C38H55BrClN4/c1-28-14-18-33-31(26-28)37(2,3)35(41(33)22-12-24-43(6,7)8)20-16-30(40)17-21-36-38(4,5)32-27-29(39)15-19-34(32)42(36)23-13-25-44(9,10)11/h14-21,26-27H,12-13,22-25H2,1-11H3/q+3. The molecule has 0 fully saturated rings. The maximum absolute atomic E-state index is 6.99. The number of rotatable bonds is 11. The fourth-order valence-corrected chi connectivity index (χ4v) is 7.18. The van der Waals surface area contributed by atoms with E-state index in [9.17, 15) is 0 Å². The number of allylic oxidation sites excluding steroid dienone is 6. The minimum atomic E-state index is -0.128. The number of hydrogen-bond acceptors (Lipinski definition) is 1. The molecule has 0 saturated carbocycles. The van der Waals surface area contributed by atoms with Crippen molar-refractivity contribution in [2.24, 2.45) is 0 Å². The molecule has 0 aromatic heterocycles. The minimum absolute atomic E-state index is 0.102. The van der Waals surface area contributed by atoms with E-state index in [-0.39, 0.29) is 10.8 Å². The first-order valence-electron chi connectivity index (χ1n) is 16.0. The number of hydrogen-bond donors (Lipinski definition) is 0. The molecule has 2 aromatic carbocycles. The molecule has 2 aliphatic rings. The highest BCUT2D eigenvalue weighted by molar-refractivity contribution is 9.10. The van der Waals surface area contributed by atoms with E-state index in [0.29, 0.717) is 0 Å². The smallest absolute Gasteiger partial charge is 0.209 e. The Hall–Kier alpha value is -2.18.